The van der Waals surface area contributed by atoms with Crippen molar-refractivity contribution in [2.45, 2.75) is 17.3 Å². The van der Waals surface area contributed by atoms with Crippen LogP contribution in [-0.4, -0.2) is 33.1 Å². The molecule has 1 atom stereocenters. The molecule has 3 rings (SSSR count). The predicted octanol–water partition coefficient (Wildman–Crippen LogP) is 3.07. The molecule has 146 valence electrons. The van der Waals surface area contributed by atoms with Crippen LogP contribution in [0.25, 0.3) is 11.4 Å². The number of rotatable bonds is 6. The number of carbonyl (C=O) groups is 1. The number of hydrogen-bond acceptors (Lipinski definition) is 6. The molecule has 0 spiro atoms. The first-order valence-electron chi connectivity index (χ1n) is 8.16. The van der Waals surface area contributed by atoms with Crippen LogP contribution in [0.3, 0.4) is 0 Å². The molecule has 3 N–H and O–H groups in total. The van der Waals surface area contributed by atoms with Gasteiger partial charge in [0.1, 0.15) is 5.75 Å². The van der Waals surface area contributed by atoms with E-state index in [1.807, 2.05) is 0 Å². The normalized spacial score (nSPS) is 11.9. The molecule has 0 radical (unpaired) electrons. The summed E-state index contributed by atoms with van der Waals surface area (Å²) >= 11 is 1.09. The molecule has 0 aliphatic heterocycles. The molecule has 1 amide bonds. The third-order valence-corrected chi connectivity index (χ3v) is 4.91. The second-order valence-corrected chi connectivity index (χ2v) is 7.09. The summed E-state index contributed by atoms with van der Waals surface area (Å²) in [5.41, 5.74) is 0.894. The maximum Gasteiger partial charge on any atom is 0.237 e. The summed E-state index contributed by atoms with van der Waals surface area (Å²) in [7, 11) is 1.57. The Bertz CT molecular complexity index is 994. The minimum absolute atomic E-state index is 0.157. The first-order valence-corrected chi connectivity index (χ1v) is 9.04. The third kappa shape index (κ3) is 4.22. The van der Waals surface area contributed by atoms with Crippen LogP contribution in [0.2, 0.25) is 0 Å². The summed E-state index contributed by atoms with van der Waals surface area (Å²) in [6.45, 7) is 1.64. The number of thioether (sulfide) groups is 1. The molecule has 0 aliphatic rings. The second-order valence-electron chi connectivity index (χ2n) is 5.78. The summed E-state index contributed by atoms with van der Waals surface area (Å²) in [6, 6.07) is 10.3. The quantitative estimate of drug-likeness (QED) is 0.483. The van der Waals surface area contributed by atoms with Crippen molar-refractivity contribution in [1.82, 2.24) is 14.9 Å². The smallest absolute Gasteiger partial charge is 0.237 e. The predicted molar refractivity (Wildman–Crippen MR) is 102 cm³/mol. The van der Waals surface area contributed by atoms with Crippen LogP contribution in [0.5, 0.6) is 5.75 Å². The lowest BCUT2D eigenvalue weighted by Gasteiger charge is -2.12. The van der Waals surface area contributed by atoms with Crippen molar-refractivity contribution in [1.29, 1.82) is 0 Å². The monoisotopic (exact) mass is 405 g/mol. The van der Waals surface area contributed by atoms with Crippen LogP contribution in [0.15, 0.2) is 47.6 Å². The molecule has 3 aromatic rings. The number of halogens is 2. The first kappa shape index (κ1) is 19.6. The second kappa shape index (κ2) is 8.26. The molecule has 0 aliphatic carbocycles. The van der Waals surface area contributed by atoms with E-state index >= 15 is 0 Å². The van der Waals surface area contributed by atoms with E-state index in [-0.39, 0.29) is 5.69 Å². The number of nitrogen functional groups attached to an aromatic ring is 1. The van der Waals surface area contributed by atoms with E-state index in [1.165, 1.54) is 10.7 Å². The average Bonchev–Trinajstić information content (AvgIpc) is 3.05. The summed E-state index contributed by atoms with van der Waals surface area (Å²) in [6.07, 6.45) is 0. The van der Waals surface area contributed by atoms with Gasteiger partial charge in [0.25, 0.3) is 0 Å². The Morgan fingerprint density at radius 1 is 1.18 bits per heavy atom. The van der Waals surface area contributed by atoms with E-state index in [4.69, 9.17) is 10.6 Å². The average molecular weight is 405 g/mol. The maximum atomic E-state index is 13.3. The van der Waals surface area contributed by atoms with E-state index in [1.54, 1.807) is 38.3 Å². The number of benzene rings is 2. The van der Waals surface area contributed by atoms with Gasteiger partial charge in [-0.2, -0.15) is 0 Å². The van der Waals surface area contributed by atoms with Crippen molar-refractivity contribution in [3.05, 3.63) is 54.1 Å². The Hall–Kier alpha value is -3.14. The highest BCUT2D eigenvalue weighted by atomic mass is 32.2. The van der Waals surface area contributed by atoms with Crippen LogP contribution in [0.1, 0.15) is 6.92 Å². The molecule has 28 heavy (non-hydrogen) atoms. The summed E-state index contributed by atoms with van der Waals surface area (Å²) in [5, 5.41) is 10.3. The van der Waals surface area contributed by atoms with Crippen LogP contribution in [0, 0.1) is 11.6 Å². The molecule has 1 aromatic heterocycles. The maximum absolute atomic E-state index is 13.3. The van der Waals surface area contributed by atoms with Crippen molar-refractivity contribution in [2.75, 3.05) is 18.3 Å². The summed E-state index contributed by atoms with van der Waals surface area (Å²) in [5.74, 6) is 4.75. The number of anilines is 1. The van der Waals surface area contributed by atoms with Gasteiger partial charge in [-0.05, 0) is 43.3 Å². The van der Waals surface area contributed by atoms with Crippen molar-refractivity contribution >= 4 is 23.4 Å². The van der Waals surface area contributed by atoms with Crippen molar-refractivity contribution in [2.24, 2.45) is 0 Å². The van der Waals surface area contributed by atoms with Crippen molar-refractivity contribution in [3.63, 3.8) is 0 Å². The zero-order valence-electron chi connectivity index (χ0n) is 15.0. The van der Waals surface area contributed by atoms with Gasteiger partial charge >= 0.3 is 0 Å². The Morgan fingerprint density at radius 2 is 1.89 bits per heavy atom. The van der Waals surface area contributed by atoms with E-state index < -0.39 is 22.8 Å². The van der Waals surface area contributed by atoms with Gasteiger partial charge in [-0.15, -0.1) is 10.2 Å². The van der Waals surface area contributed by atoms with Gasteiger partial charge in [0.05, 0.1) is 12.4 Å². The minimum Gasteiger partial charge on any atom is -0.497 e. The SMILES string of the molecule is COc1ccc(-c2nnc(SC(C)C(=O)Nc3ccc(F)c(F)c3)n2N)cc1. The molecule has 0 fully saturated rings. The van der Waals surface area contributed by atoms with E-state index in [2.05, 4.69) is 15.5 Å². The number of nitrogens with one attached hydrogen (secondary N) is 1. The van der Waals surface area contributed by atoms with Crippen molar-refractivity contribution < 1.29 is 18.3 Å². The van der Waals surface area contributed by atoms with Gasteiger partial charge in [0.2, 0.25) is 11.1 Å². The Labute approximate surface area is 163 Å². The third-order valence-electron chi connectivity index (χ3n) is 3.85. The highest BCUT2D eigenvalue weighted by Crippen LogP contribution is 2.26. The van der Waals surface area contributed by atoms with E-state index in [9.17, 15) is 13.6 Å². The highest BCUT2D eigenvalue weighted by Gasteiger charge is 2.20. The number of ether oxygens (including phenoxy) is 1. The molecule has 0 saturated carbocycles. The fraction of sp³-hybridized carbons (Fsp3) is 0.167. The lowest BCUT2D eigenvalue weighted by Crippen LogP contribution is -2.23. The largest absolute Gasteiger partial charge is 0.497 e. The zero-order valence-corrected chi connectivity index (χ0v) is 15.8. The Balaban J connectivity index is 1.69. The lowest BCUT2D eigenvalue weighted by atomic mass is 10.2. The van der Waals surface area contributed by atoms with Crippen LogP contribution < -0.4 is 15.9 Å². The molecule has 0 bridgehead atoms. The molecular formula is C18H17F2N5O2S. The molecule has 1 heterocycles. The lowest BCUT2D eigenvalue weighted by molar-refractivity contribution is -0.115. The minimum atomic E-state index is -1.04. The van der Waals surface area contributed by atoms with E-state index in [0.29, 0.717) is 16.7 Å². The number of nitrogens with two attached hydrogens (primary N) is 1. The molecule has 10 heteroatoms. The molecule has 7 nitrogen and oxygen atoms in total. The zero-order chi connectivity index (χ0) is 20.3. The molecule has 0 saturated heterocycles. The van der Waals surface area contributed by atoms with Gasteiger partial charge in [-0.1, -0.05) is 11.8 Å². The number of nitrogens with zero attached hydrogens (tertiary/aromatic N) is 3. The van der Waals surface area contributed by atoms with Gasteiger partial charge in [-0.25, -0.2) is 13.5 Å². The van der Waals surface area contributed by atoms with Gasteiger partial charge in [-0.3, -0.25) is 4.79 Å². The summed E-state index contributed by atoms with van der Waals surface area (Å²) in [4.78, 5) is 12.3. The Morgan fingerprint density at radius 3 is 2.54 bits per heavy atom. The van der Waals surface area contributed by atoms with Gasteiger partial charge < -0.3 is 15.9 Å². The topological polar surface area (TPSA) is 95.1 Å². The van der Waals surface area contributed by atoms with Crippen LogP contribution in [0.4, 0.5) is 14.5 Å². The number of carbonyl (C=O) groups excluding carboxylic acids is 1. The summed E-state index contributed by atoms with van der Waals surface area (Å²) < 4.78 is 32.6. The fourth-order valence-corrected chi connectivity index (χ4v) is 3.09. The standard InChI is InChI=1S/C18H17F2N5O2S/c1-10(17(26)22-12-5-8-14(19)15(20)9-12)28-18-24-23-16(25(18)21)11-3-6-13(27-2)7-4-11/h3-10H,21H2,1-2H3,(H,22,26). The van der Waals surface area contributed by atoms with E-state index in [0.717, 1.165) is 29.5 Å². The van der Waals surface area contributed by atoms with Gasteiger partial charge in [0.15, 0.2) is 17.5 Å². The molecule has 2 aromatic carbocycles. The fourth-order valence-electron chi connectivity index (χ4n) is 2.32. The highest BCUT2D eigenvalue weighted by molar-refractivity contribution is 8.00. The number of hydrogen-bond donors (Lipinski definition) is 2. The van der Waals surface area contributed by atoms with Crippen LogP contribution >= 0.6 is 11.8 Å². The van der Waals surface area contributed by atoms with Gasteiger partial charge in [0, 0.05) is 17.3 Å². The number of amides is 1. The van der Waals surface area contributed by atoms with Crippen LogP contribution in [-0.2, 0) is 4.79 Å². The number of methoxy groups -OCH3 is 1. The Kier molecular flexibility index (Phi) is 5.78. The first-order chi connectivity index (χ1) is 13.4. The van der Waals surface area contributed by atoms with Crippen molar-refractivity contribution in [3.8, 4) is 17.1 Å². The molecular weight excluding hydrogens is 388 g/mol. The number of aromatic nitrogens is 3. The molecule has 1 unspecified atom stereocenters.